The zero-order chi connectivity index (χ0) is 15.6. The molecule has 0 bridgehead atoms. The van der Waals surface area contributed by atoms with E-state index >= 15 is 0 Å². The summed E-state index contributed by atoms with van der Waals surface area (Å²) >= 11 is 0. The van der Waals surface area contributed by atoms with Gasteiger partial charge in [-0.3, -0.25) is 4.79 Å². The summed E-state index contributed by atoms with van der Waals surface area (Å²) in [5.41, 5.74) is 2.54. The van der Waals surface area contributed by atoms with Gasteiger partial charge in [0.25, 0.3) is 5.56 Å². The normalized spacial score (nSPS) is 13.0. The van der Waals surface area contributed by atoms with E-state index in [1.165, 1.54) is 11.5 Å². The van der Waals surface area contributed by atoms with Crippen molar-refractivity contribution in [2.24, 2.45) is 5.41 Å². The Bertz CT molecular complexity index is 673. The van der Waals surface area contributed by atoms with Crippen molar-refractivity contribution in [1.82, 2.24) is 4.98 Å². The van der Waals surface area contributed by atoms with Crippen LogP contribution in [0.5, 0.6) is 0 Å². The fourth-order valence-electron chi connectivity index (χ4n) is 2.00. The Kier molecular flexibility index (Phi) is 6.82. The van der Waals surface area contributed by atoms with E-state index in [2.05, 4.69) is 44.9 Å². The Morgan fingerprint density at radius 2 is 1.86 bits per heavy atom. The van der Waals surface area contributed by atoms with Gasteiger partial charge in [0.05, 0.1) is 0 Å². The summed E-state index contributed by atoms with van der Waals surface area (Å²) < 4.78 is 0. The minimum absolute atomic E-state index is 0. The molecule has 0 fully saturated rings. The van der Waals surface area contributed by atoms with Crippen molar-refractivity contribution in [1.29, 1.82) is 0 Å². The number of rotatable bonds is 0. The van der Waals surface area contributed by atoms with Gasteiger partial charge >= 0.3 is 0 Å². The van der Waals surface area contributed by atoms with Crippen molar-refractivity contribution < 1.29 is 32.7 Å². The van der Waals surface area contributed by atoms with Gasteiger partial charge in [-0.2, -0.15) is 19.3 Å². The molecule has 0 atom stereocenters. The fourth-order valence-corrected chi connectivity index (χ4v) is 2.00. The van der Waals surface area contributed by atoms with Gasteiger partial charge < -0.3 is 16.2 Å². The van der Waals surface area contributed by atoms with Crippen LogP contribution in [0.4, 0.5) is 5.69 Å². The van der Waals surface area contributed by atoms with Crippen LogP contribution in [0.15, 0.2) is 29.2 Å². The zero-order valence-corrected chi connectivity index (χ0v) is 17.0. The van der Waals surface area contributed by atoms with Gasteiger partial charge in [-0.05, 0) is 23.4 Å². The van der Waals surface area contributed by atoms with Crippen molar-refractivity contribution >= 4 is 16.5 Å². The quantitative estimate of drug-likeness (QED) is 0.667. The SMILES string of the molecule is C[C-](C)C(C)(C)C.O=c1[nH]cc2c3c(cccc13)[N-]CC2.[Y]. The zero-order valence-electron chi connectivity index (χ0n) is 14.2. The summed E-state index contributed by atoms with van der Waals surface area (Å²) in [6.45, 7) is 11.8. The maximum atomic E-state index is 11.5. The fraction of sp³-hybridized carbons (Fsp3) is 0.444. The molecule has 3 nitrogen and oxygen atoms in total. The van der Waals surface area contributed by atoms with Gasteiger partial charge in [-0.25, -0.2) is 0 Å². The largest absolute Gasteiger partial charge is 0.684 e. The van der Waals surface area contributed by atoms with E-state index < -0.39 is 0 Å². The Morgan fingerprint density at radius 3 is 2.45 bits per heavy atom. The molecule has 1 N–H and O–H groups in total. The van der Waals surface area contributed by atoms with E-state index in [1.54, 1.807) is 0 Å². The molecule has 22 heavy (non-hydrogen) atoms. The van der Waals surface area contributed by atoms with Crippen LogP contribution in [0.25, 0.3) is 16.1 Å². The molecule has 0 saturated carbocycles. The van der Waals surface area contributed by atoms with Crippen LogP contribution >= 0.6 is 0 Å². The van der Waals surface area contributed by atoms with E-state index in [1.807, 2.05) is 24.4 Å². The third-order valence-corrected chi connectivity index (χ3v) is 4.15. The number of nitrogens with zero attached hydrogens (tertiary/aromatic N) is 1. The molecule has 0 spiro atoms. The minimum Gasteiger partial charge on any atom is -0.684 e. The molecule has 0 unspecified atom stereocenters. The topological polar surface area (TPSA) is 47.0 Å². The molecule has 2 aromatic rings. The number of H-pyrrole nitrogens is 1. The number of aromatic amines is 1. The third kappa shape index (κ3) is 4.42. The van der Waals surface area contributed by atoms with E-state index in [9.17, 15) is 4.79 Å². The maximum Gasteiger partial charge on any atom is 0.255 e. The van der Waals surface area contributed by atoms with E-state index in [0.717, 1.165) is 29.4 Å². The second-order valence-electron chi connectivity index (χ2n) is 6.72. The summed E-state index contributed by atoms with van der Waals surface area (Å²) in [5, 5.41) is 6.18. The summed E-state index contributed by atoms with van der Waals surface area (Å²) in [4.78, 5) is 14.3. The van der Waals surface area contributed by atoms with E-state index in [0.29, 0.717) is 5.41 Å². The van der Waals surface area contributed by atoms with Gasteiger partial charge in [0.1, 0.15) is 0 Å². The smallest absolute Gasteiger partial charge is 0.255 e. The number of benzene rings is 1. The Labute approximate surface area is 158 Å². The first-order chi connectivity index (χ1) is 9.80. The van der Waals surface area contributed by atoms with Crippen LogP contribution in [-0.4, -0.2) is 11.5 Å². The molecule has 4 heteroatoms. The average molecular weight is 373 g/mol. The molecule has 0 aliphatic carbocycles. The molecule has 1 radical (unpaired) electrons. The monoisotopic (exact) mass is 373 g/mol. The molecule has 3 rings (SSSR count). The van der Waals surface area contributed by atoms with Gasteiger partial charge in [0.15, 0.2) is 0 Å². The second-order valence-corrected chi connectivity index (χ2v) is 6.72. The first-order valence-corrected chi connectivity index (χ1v) is 7.42. The Balaban J connectivity index is 0.000000264. The average Bonchev–Trinajstić information content (AvgIpc) is 2.43. The maximum absolute atomic E-state index is 11.5. The van der Waals surface area contributed by atoms with Crippen LogP contribution in [-0.2, 0) is 39.1 Å². The third-order valence-electron chi connectivity index (χ3n) is 4.15. The van der Waals surface area contributed by atoms with Crippen LogP contribution < -0.4 is 5.56 Å². The van der Waals surface area contributed by atoms with Crippen molar-refractivity contribution in [2.45, 2.75) is 41.0 Å². The summed E-state index contributed by atoms with van der Waals surface area (Å²) in [6.07, 6.45) is 2.73. The van der Waals surface area contributed by atoms with Gasteiger partial charge in [-0.1, -0.05) is 32.9 Å². The van der Waals surface area contributed by atoms with Gasteiger partial charge in [0.2, 0.25) is 0 Å². The standard InChI is InChI=1S/C11H9N2O.C7H15.Y/c14-11-8-2-1-3-9-10(8)7(6-13-11)4-5-12-9;1-6(2)7(3,4)5;/h1-3,6H,4-5H2,(H,13,14);1-5H3;/q2*-1;. The first-order valence-electron chi connectivity index (χ1n) is 7.42. The Hall–Kier alpha value is -0.666. The molecule has 2 heterocycles. The molecule has 1 aromatic carbocycles. The van der Waals surface area contributed by atoms with E-state index in [-0.39, 0.29) is 38.3 Å². The van der Waals surface area contributed by atoms with Crippen LogP contribution in [0, 0.1) is 11.3 Å². The van der Waals surface area contributed by atoms with Crippen LogP contribution in [0.1, 0.15) is 40.2 Å². The Morgan fingerprint density at radius 1 is 1.23 bits per heavy atom. The molecule has 0 saturated heterocycles. The molecule has 0 amide bonds. The summed E-state index contributed by atoms with van der Waals surface area (Å²) in [5.74, 6) is 1.49. The minimum atomic E-state index is -0.0253. The van der Waals surface area contributed by atoms with Crippen molar-refractivity contribution in [2.75, 3.05) is 6.54 Å². The van der Waals surface area contributed by atoms with Crippen LogP contribution in [0.2, 0.25) is 0 Å². The van der Waals surface area contributed by atoms with Crippen LogP contribution in [0.3, 0.4) is 0 Å². The van der Waals surface area contributed by atoms with Gasteiger partial charge in [0, 0.05) is 44.3 Å². The number of hydrogen-bond acceptors (Lipinski definition) is 1. The predicted molar refractivity (Wildman–Crippen MR) is 90.2 cm³/mol. The second kappa shape index (κ2) is 7.74. The molecule has 1 aliphatic heterocycles. The first kappa shape index (κ1) is 19.4. The van der Waals surface area contributed by atoms with Crippen molar-refractivity contribution in [3.8, 4) is 0 Å². The molecular weight excluding hydrogens is 349 g/mol. The molecule has 1 aliphatic rings. The summed E-state index contributed by atoms with van der Waals surface area (Å²) in [6, 6.07) is 5.69. The number of aromatic nitrogens is 1. The molecular formula is C18H24N2OY-2. The predicted octanol–water partition coefficient (Wildman–Crippen LogP) is 4.73. The summed E-state index contributed by atoms with van der Waals surface area (Å²) in [7, 11) is 0. The van der Waals surface area contributed by atoms with Crippen molar-refractivity contribution in [3.05, 3.63) is 51.5 Å². The van der Waals surface area contributed by atoms with E-state index in [4.69, 9.17) is 0 Å². The number of hydrogen-bond donors (Lipinski definition) is 1. The molecule has 1 aromatic heterocycles. The molecule has 117 valence electrons. The van der Waals surface area contributed by atoms with Gasteiger partial charge in [-0.15, -0.1) is 12.2 Å². The number of nitrogens with one attached hydrogen (secondary N) is 1. The van der Waals surface area contributed by atoms with Crippen molar-refractivity contribution in [3.63, 3.8) is 0 Å². The number of pyridine rings is 1.